The van der Waals surface area contributed by atoms with E-state index in [0.717, 1.165) is 5.57 Å². The van der Waals surface area contributed by atoms with Gasteiger partial charge in [-0.3, -0.25) is 0 Å². The Bertz CT molecular complexity index is 456. The fourth-order valence-corrected chi connectivity index (χ4v) is 1.15. The molecule has 0 amide bonds. The molecule has 0 saturated heterocycles. The lowest BCUT2D eigenvalue weighted by molar-refractivity contribution is 0.0549. The zero-order chi connectivity index (χ0) is 12.8. The van der Waals surface area contributed by atoms with Crippen LogP contribution in [0.2, 0.25) is 0 Å². The number of carbonyl (C=O) groups is 2. The molecule has 0 fully saturated rings. The van der Waals surface area contributed by atoms with E-state index in [1.54, 1.807) is 6.08 Å². The molecule has 0 bridgehead atoms. The number of carbonyl (C=O) groups excluding carboxylic acids is 1. The summed E-state index contributed by atoms with van der Waals surface area (Å²) >= 11 is 0. The minimum absolute atomic E-state index is 0.0710. The zero-order valence-electron chi connectivity index (χ0n) is 9.77. The van der Waals surface area contributed by atoms with Crippen LogP contribution < -0.4 is 0 Å². The van der Waals surface area contributed by atoms with Gasteiger partial charge in [-0.25, -0.2) is 9.59 Å². The third-order valence-corrected chi connectivity index (χ3v) is 2.05. The molecule has 4 nitrogen and oxygen atoms in total. The van der Waals surface area contributed by atoms with Gasteiger partial charge in [0.25, 0.3) is 0 Å². The van der Waals surface area contributed by atoms with Gasteiger partial charge in [-0.1, -0.05) is 11.6 Å². The molecule has 0 radical (unpaired) electrons. The van der Waals surface area contributed by atoms with Gasteiger partial charge in [0.2, 0.25) is 0 Å². The van der Waals surface area contributed by atoms with Gasteiger partial charge in [0, 0.05) is 0 Å². The molecule has 90 valence electrons. The molecule has 1 rings (SSSR count). The number of hydrogen-bond donors (Lipinski definition) is 1. The topological polar surface area (TPSA) is 63.6 Å². The van der Waals surface area contributed by atoms with Crippen LogP contribution in [0.15, 0.2) is 35.9 Å². The first-order chi connectivity index (χ1) is 8.00. The fraction of sp³-hybridized carbons (Fsp3) is 0.231. The Morgan fingerprint density at radius 2 is 1.94 bits per heavy atom. The van der Waals surface area contributed by atoms with Crippen molar-refractivity contribution < 1.29 is 19.4 Å². The van der Waals surface area contributed by atoms with Crippen molar-refractivity contribution in [3.8, 4) is 0 Å². The van der Waals surface area contributed by atoms with Gasteiger partial charge in [-0.15, -0.1) is 0 Å². The second kappa shape index (κ2) is 5.84. The molecule has 0 aliphatic rings. The van der Waals surface area contributed by atoms with Crippen LogP contribution in [0.4, 0.5) is 0 Å². The molecular weight excluding hydrogens is 220 g/mol. The summed E-state index contributed by atoms with van der Waals surface area (Å²) in [4.78, 5) is 22.3. The van der Waals surface area contributed by atoms with E-state index < -0.39 is 11.9 Å². The van der Waals surface area contributed by atoms with E-state index >= 15 is 0 Å². The first kappa shape index (κ1) is 13.0. The van der Waals surface area contributed by atoms with Gasteiger partial charge in [0.05, 0.1) is 11.1 Å². The number of rotatable bonds is 4. The van der Waals surface area contributed by atoms with Crippen LogP contribution in [-0.2, 0) is 4.74 Å². The average Bonchev–Trinajstić information content (AvgIpc) is 2.28. The fourth-order valence-electron chi connectivity index (χ4n) is 1.15. The van der Waals surface area contributed by atoms with Gasteiger partial charge >= 0.3 is 11.9 Å². The van der Waals surface area contributed by atoms with Crippen LogP contribution in [0.5, 0.6) is 0 Å². The Labute approximate surface area is 99.5 Å². The van der Waals surface area contributed by atoms with E-state index in [-0.39, 0.29) is 17.7 Å². The summed E-state index contributed by atoms with van der Waals surface area (Å²) in [5, 5.41) is 8.78. The van der Waals surface area contributed by atoms with Crippen molar-refractivity contribution >= 4 is 11.9 Å². The van der Waals surface area contributed by atoms with Crippen LogP contribution in [0.25, 0.3) is 0 Å². The lowest BCUT2D eigenvalue weighted by Crippen LogP contribution is -2.07. The highest BCUT2D eigenvalue weighted by molar-refractivity contribution is 5.94. The normalized spacial score (nSPS) is 9.53. The molecule has 4 heteroatoms. The number of aromatic carboxylic acids is 1. The lowest BCUT2D eigenvalue weighted by atomic mass is 10.1. The largest absolute Gasteiger partial charge is 0.478 e. The van der Waals surface area contributed by atoms with Crippen LogP contribution in [0.1, 0.15) is 34.6 Å². The summed E-state index contributed by atoms with van der Waals surface area (Å²) in [5.41, 5.74) is 1.37. The zero-order valence-corrected chi connectivity index (χ0v) is 9.77. The summed E-state index contributed by atoms with van der Waals surface area (Å²) < 4.78 is 4.97. The summed E-state index contributed by atoms with van der Waals surface area (Å²) in [5.74, 6) is -1.59. The molecule has 1 aromatic carbocycles. The van der Waals surface area contributed by atoms with E-state index in [9.17, 15) is 9.59 Å². The molecule has 1 aromatic rings. The Balaban J connectivity index is 2.72. The third-order valence-electron chi connectivity index (χ3n) is 2.05. The summed E-state index contributed by atoms with van der Waals surface area (Å²) in [6.07, 6.45) is 1.78. The second-order valence-corrected chi connectivity index (χ2v) is 3.77. The molecule has 0 aliphatic carbocycles. The molecular formula is C13H14O4. The van der Waals surface area contributed by atoms with Gasteiger partial charge in [-0.2, -0.15) is 0 Å². The number of carboxylic acid groups (broad SMARTS) is 1. The standard InChI is InChI=1S/C13H14O4/c1-9(2)6-7-17-13(16)11-5-3-4-10(8-11)12(14)15/h3-6,8H,7H2,1-2H3,(H,14,15). The molecule has 0 atom stereocenters. The number of carboxylic acids is 1. The van der Waals surface area contributed by atoms with E-state index in [1.807, 2.05) is 13.8 Å². The summed E-state index contributed by atoms with van der Waals surface area (Å²) in [6, 6.07) is 5.76. The monoisotopic (exact) mass is 234 g/mol. The predicted molar refractivity (Wildman–Crippen MR) is 63.1 cm³/mol. The first-order valence-corrected chi connectivity index (χ1v) is 5.14. The first-order valence-electron chi connectivity index (χ1n) is 5.14. The van der Waals surface area contributed by atoms with Gasteiger partial charge < -0.3 is 9.84 Å². The smallest absolute Gasteiger partial charge is 0.338 e. The van der Waals surface area contributed by atoms with Crippen LogP contribution in [0, 0.1) is 0 Å². The molecule has 0 aromatic heterocycles. The van der Waals surface area contributed by atoms with Crippen molar-refractivity contribution in [2.45, 2.75) is 13.8 Å². The van der Waals surface area contributed by atoms with Crippen molar-refractivity contribution in [2.24, 2.45) is 0 Å². The molecule has 17 heavy (non-hydrogen) atoms. The highest BCUT2D eigenvalue weighted by Crippen LogP contribution is 2.07. The van der Waals surface area contributed by atoms with Crippen LogP contribution >= 0.6 is 0 Å². The van der Waals surface area contributed by atoms with Crippen molar-refractivity contribution in [1.82, 2.24) is 0 Å². The number of ether oxygens (including phenoxy) is 1. The molecule has 0 saturated carbocycles. The Kier molecular flexibility index (Phi) is 4.46. The molecule has 0 spiro atoms. The predicted octanol–water partition coefficient (Wildman–Crippen LogP) is 2.51. The van der Waals surface area contributed by atoms with Gasteiger partial charge in [0.1, 0.15) is 6.61 Å². The van der Waals surface area contributed by atoms with Crippen molar-refractivity contribution in [1.29, 1.82) is 0 Å². The quantitative estimate of drug-likeness (QED) is 0.642. The van der Waals surface area contributed by atoms with Crippen molar-refractivity contribution in [3.63, 3.8) is 0 Å². The van der Waals surface area contributed by atoms with Crippen LogP contribution in [-0.4, -0.2) is 23.7 Å². The second-order valence-electron chi connectivity index (χ2n) is 3.77. The highest BCUT2D eigenvalue weighted by atomic mass is 16.5. The van der Waals surface area contributed by atoms with Crippen molar-refractivity contribution in [3.05, 3.63) is 47.0 Å². The molecule has 0 unspecified atom stereocenters. The minimum Gasteiger partial charge on any atom is -0.478 e. The van der Waals surface area contributed by atoms with Gasteiger partial charge in [-0.05, 0) is 38.1 Å². The van der Waals surface area contributed by atoms with Crippen molar-refractivity contribution in [2.75, 3.05) is 6.61 Å². The maximum absolute atomic E-state index is 11.6. The van der Waals surface area contributed by atoms with E-state index in [2.05, 4.69) is 0 Å². The molecule has 0 heterocycles. The Hall–Kier alpha value is -2.10. The van der Waals surface area contributed by atoms with Crippen LogP contribution in [0.3, 0.4) is 0 Å². The molecule has 1 N–H and O–H groups in total. The Morgan fingerprint density at radius 3 is 2.53 bits per heavy atom. The minimum atomic E-state index is -1.07. The maximum Gasteiger partial charge on any atom is 0.338 e. The SMILES string of the molecule is CC(C)=CCOC(=O)c1cccc(C(=O)O)c1. The molecule has 0 aliphatic heterocycles. The van der Waals surface area contributed by atoms with E-state index in [4.69, 9.17) is 9.84 Å². The van der Waals surface area contributed by atoms with Gasteiger partial charge in [0.15, 0.2) is 0 Å². The average molecular weight is 234 g/mol. The highest BCUT2D eigenvalue weighted by Gasteiger charge is 2.09. The van der Waals surface area contributed by atoms with E-state index in [0.29, 0.717) is 0 Å². The summed E-state index contributed by atoms with van der Waals surface area (Å²) in [6.45, 7) is 4.00. The number of benzene rings is 1. The van der Waals surface area contributed by atoms with E-state index in [1.165, 1.54) is 24.3 Å². The number of esters is 1. The third kappa shape index (κ3) is 4.10. The number of hydrogen-bond acceptors (Lipinski definition) is 3. The Morgan fingerprint density at radius 1 is 1.29 bits per heavy atom. The number of allylic oxidation sites excluding steroid dienone is 1. The summed E-state index contributed by atoms with van der Waals surface area (Å²) in [7, 11) is 0. The lowest BCUT2D eigenvalue weighted by Gasteiger charge is -2.03. The maximum atomic E-state index is 11.6.